The molecular weight excluding hydrogens is 176 g/mol. The molecule has 0 fully saturated rings. The van der Waals surface area contributed by atoms with Crippen LogP contribution in [0.3, 0.4) is 0 Å². The Morgan fingerprint density at radius 1 is 1.14 bits per heavy atom. The van der Waals surface area contributed by atoms with E-state index in [2.05, 4.69) is 9.97 Å². The maximum absolute atomic E-state index is 9.45. The summed E-state index contributed by atoms with van der Waals surface area (Å²) in [5.74, 6) is 0.130. The summed E-state index contributed by atoms with van der Waals surface area (Å²) < 4.78 is 0. The smallest absolute Gasteiger partial charge is 0.215 e. The summed E-state index contributed by atoms with van der Waals surface area (Å²) in [6, 6.07) is 7.98. The lowest BCUT2D eigenvalue weighted by atomic mass is 10.1. The molecule has 3 rings (SSSR count). The van der Waals surface area contributed by atoms with Gasteiger partial charge in [0.15, 0.2) is 0 Å². The maximum atomic E-state index is 9.45. The number of hydrogen-bond acceptors (Lipinski definition) is 2. The molecular formula is C11H8N2O. The molecule has 0 amide bonds. The third-order valence-corrected chi connectivity index (χ3v) is 2.42. The first-order chi connectivity index (χ1) is 6.86. The number of nitrogens with one attached hydrogen (secondary N) is 1. The minimum atomic E-state index is 0.130. The van der Waals surface area contributed by atoms with Gasteiger partial charge in [-0.15, -0.1) is 0 Å². The molecule has 0 unspecified atom stereocenters. The van der Waals surface area contributed by atoms with E-state index in [0.717, 1.165) is 16.2 Å². The van der Waals surface area contributed by atoms with E-state index >= 15 is 0 Å². The first-order valence-corrected chi connectivity index (χ1v) is 4.40. The van der Waals surface area contributed by atoms with Crippen molar-refractivity contribution in [3.05, 3.63) is 36.7 Å². The molecule has 3 heteroatoms. The largest absolute Gasteiger partial charge is 0.493 e. The van der Waals surface area contributed by atoms with Crippen molar-refractivity contribution >= 4 is 21.7 Å². The minimum absolute atomic E-state index is 0.130. The summed E-state index contributed by atoms with van der Waals surface area (Å²) in [4.78, 5) is 6.95. The molecule has 3 aromatic rings. The van der Waals surface area contributed by atoms with Gasteiger partial charge in [-0.2, -0.15) is 0 Å². The SMILES string of the molecule is Oc1[nH]cc2c1ncc1ccccc12. The highest BCUT2D eigenvalue weighted by molar-refractivity contribution is 6.06. The van der Waals surface area contributed by atoms with Crippen LogP contribution in [0.25, 0.3) is 21.7 Å². The number of aromatic hydroxyl groups is 1. The summed E-state index contributed by atoms with van der Waals surface area (Å²) in [6.45, 7) is 0. The Morgan fingerprint density at radius 2 is 2.00 bits per heavy atom. The molecule has 1 aromatic carbocycles. The molecule has 68 valence electrons. The van der Waals surface area contributed by atoms with E-state index in [9.17, 15) is 5.11 Å². The highest BCUT2D eigenvalue weighted by Gasteiger charge is 2.05. The molecule has 2 aromatic heterocycles. The average molecular weight is 184 g/mol. The van der Waals surface area contributed by atoms with Gasteiger partial charge in [-0.25, -0.2) is 4.98 Å². The van der Waals surface area contributed by atoms with E-state index < -0.39 is 0 Å². The Kier molecular flexibility index (Phi) is 1.31. The molecule has 2 N–H and O–H groups in total. The zero-order valence-corrected chi connectivity index (χ0v) is 7.36. The molecule has 0 aliphatic carbocycles. The summed E-state index contributed by atoms with van der Waals surface area (Å²) in [5, 5.41) is 12.6. The second-order valence-corrected chi connectivity index (χ2v) is 3.25. The van der Waals surface area contributed by atoms with E-state index in [4.69, 9.17) is 0 Å². The van der Waals surface area contributed by atoms with Crippen molar-refractivity contribution in [2.45, 2.75) is 0 Å². The molecule has 0 saturated carbocycles. The van der Waals surface area contributed by atoms with Gasteiger partial charge in [-0.3, -0.25) is 0 Å². The topological polar surface area (TPSA) is 48.9 Å². The number of rotatable bonds is 0. The second-order valence-electron chi connectivity index (χ2n) is 3.25. The van der Waals surface area contributed by atoms with Gasteiger partial charge in [-0.05, 0) is 5.39 Å². The predicted octanol–water partition coefficient (Wildman–Crippen LogP) is 2.42. The van der Waals surface area contributed by atoms with Crippen molar-refractivity contribution in [1.29, 1.82) is 0 Å². The normalized spacial score (nSPS) is 11.1. The van der Waals surface area contributed by atoms with Crippen molar-refractivity contribution in [3.63, 3.8) is 0 Å². The number of aromatic nitrogens is 2. The lowest BCUT2D eigenvalue weighted by Crippen LogP contribution is -1.77. The van der Waals surface area contributed by atoms with Gasteiger partial charge >= 0.3 is 0 Å². The Labute approximate surface area is 80.0 Å². The fourth-order valence-electron chi connectivity index (χ4n) is 1.73. The summed E-state index contributed by atoms with van der Waals surface area (Å²) in [6.07, 6.45) is 3.55. The molecule has 0 bridgehead atoms. The number of nitrogens with zero attached hydrogens (tertiary/aromatic N) is 1. The highest BCUT2D eigenvalue weighted by Crippen LogP contribution is 2.27. The van der Waals surface area contributed by atoms with Crippen LogP contribution < -0.4 is 0 Å². The molecule has 0 spiro atoms. The van der Waals surface area contributed by atoms with Gasteiger partial charge in [0.1, 0.15) is 5.52 Å². The lowest BCUT2D eigenvalue weighted by molar-refractivity contribution is 0.461. The molecule has 0 aliphatic rings. The van der Waals surface area contributed by atoms with Crippen molar-refractivity contribution in [3.8, 4) is 5.88 Å². The number of hydrogen-bond donors (Lipinski definition) is 2. The van der Waals surface area contributed by atoms with Crippen molar-refractivity contribution in [2.24, 2.45) is 0 Å². The van der Waals surface area contributed by atoms with Gasteiger partial charge < -0.3 is 10.1 Å². The van der Waals surface area contributed by atoms with E-state index in [0.29, 0.717) is 5.52 Å². The summed E-state index contributed by atoms with van der Waals surface area (Å²) in [7, 11) is 0. The standard InChI is InChI=1S/C11H8N2O/c14-11-10-9(6-13-11)8-4-2-1-3-7(8)5-12-10/h1-6,13-14H. The molecule has 14 heavy (non-hydrogen) atoms. The Balaban J connectivity index is 2.61. The Hall–Kier alpha value is -2.03. The van der Waals surface area contributed by atoms with Crippen LogP contribution in [0.4, 0.5) is 0 Å². The number of fused-ring (bicyclic) bond motifs is 3. The molecule has 0 saturated heterocycles. The first-order valence-electron chi connectivity index (χ1n) is 4.40. The van der Waals surface area contributed by atoms with Crippen LogP contribution in [-0.4, -0.2) is 15.1 Å². The number of pyridine rings is 1. The molecule has 2 heterocycles. The van der Waals surface area contributed by atoms with E-state index in [1.165, 1.54) is 0 Å². The van der Waals surface area contributed by atoms with Crippen LogP contribution >= 0.6 is 0 Å². The van der Waals surface area contributed by atoms with Crippen LogP contribution in [0.1, 0.15) is 0 Å². The first kappa shape index (κ1) is 7.38. The molecule has 0 aliphatic heterocycles. The summed E-state index contributed by atoms with van der Waals surface area (Å²) in [5.41, 5.74) is 0.628. The van der Waals surface area contributed by atoms with E-state index in [1.54, 1.807) is 12.4 Å². The zero-order chi connectivity index (χ0) is 9.54. The fraction of sp³-hybridized carbons (Fsp3) is 0. The van der Waals surface area contributed by atoms with Crippen molar-refractivity contribution in [2.75, 3.05) is 0 Å². The van der Waals surface area contributed by atoms with Crippen LogP contribution in [0.5, 0.6) is 5.88 Å². The minimum Gasteiger partial charge on any atom is -0.493 e. The maximum Gasteiger partial charge on any atom is 0.215 e. The van der Waals surface area contributed by atoms with Gasteiger partial charge in [0.05, 0.1) is 0 Å². The quantitative estimate of drug-likeness (QED) is 0.563. The summed E-state index contributed by atoms with van der Waals surface area (Å²) >= 11 is 0. The average Bonchev–Trinajstić information content (AvgIpc) is 2.61. The van der Waals surface area contributed by atoms with Gasteiger partial charge in [0.2, 0.25) is 5.88 Å². The second kappa shape index (κ2) is 2.48. The van der Waals surface area contributed by atoms with Crippen molar-refractivity contribution in [1.82, 2.24) is 9.97 Å². The van der Waals surface area contributed by atoms with Gasteiger partial charge in [-0.1, -0.05) is 24.3 Å². The third-order valence-electron chi connectivity index (χ3n) is 2.42. The fourth-order valence-corrected chi connectivity index (χ4v) is 1.73. The monoisotopic (exact) mass is 184 g/mol. The van der Waals surface area contributed by atoms with Gasteiger partial charge in [0.25, 0.3) is 0 Å². The zero-order valence-electron chi connectivity index (χ0n) is 7.36. The lowest BCUT2D eigenvalue weighted by Gasteiger charge is -1.97. The highest BCUT2D eigenvalue weighted by atomic mass is 16.3. The van der Waals surface area contributed by atoms with Gasteiger partial charge in [0, 0.05) is 23.2 Å². The molecule has 0 radical (unpaired) electrons. The van der Waals surface area contributed by atoms with Crippen LogP contribution in [-0.2, 0) is 0 Å². The Bertz CT molecular complexity index is 613. The third kappa shape index (κ3) is 0.836. The van der Waals surface area contributed by atoms with Crippen LogP contribution in [0.2, 0.25) is 0 Å². The number of aromatic amines is 1. The van der Waals surface area contributed by atoms with Crippen LogP contribution in [0, 0.1) is 0 Å². The predicted molar refractivity (Wildman–Crippen MR) is 55.3 cm³/mol. The molecule has 0 atom stereocenters. The van der Waals surface area contributed by atoms with Crippen molar-refractivity contribution < 1.29 is 5.11 Å². The van der Waals surface area contributed by atoms with E-state index in [1.807, 2.05) is 24.3 Å². The van der Waals surface area contributed by atoms with Crippen LogP contribution in [0.15, 0.2) is 36.7 Å². The van der Waals surface area contributed by atoms with E-state index in [-0.39, 0.29) is 5.88 Å². The Morgan fingerprint density at radius 3 is 2.93 bits per heavy atom. The molecule has 3 nitrogen and oxygen atoms in total. The number of benzene rings is 1. The number of H-pyrrole nitrogens is 1.